The first kappa shape index (κ1) is 17.4. The van der Waals surface area contributed by atoms with Crippen molar-refractivity contribution in [2.75, 3.05) is 6.79 Å². The molecular formula is C15H12N3O5SSe. The summed E-state index contributed by atoms with van der Waals surface area (Å²) in [7, 11) is -3.76. The molecule has 1 aliphatic heterocycles. The zero-order valence-corrected chi connectivity index (χ0v) is 15.2. The quantitative estimate of drug-likeness (QED) is 0.425. The third-order valence-electron chi connectivity index (χ3n) is 3.25. The average molecular weight is 425 g/mol. The number of sulfonamides is 1. The van der Waals surface area contributed by atoms with Gasteiger partial charge < -0.3 is 0 Å². The Kier molecular flexibility index (Phi) is 4.78. The summed E-state index contributed by atoms with van der Waals surface area (Å²) in [5.74, 6) is 0.713. The molecule has 1 radical (unpaired) electrons. The Morgan fingerprint density at radius 1 is 1.12 bits per heavy atom. The van der Waals surface area contributed by atoms with Crippen molar-refractivity contribution in [2.45, 2.75) is 4.90 Å². The van der Waals surface area contributed by atoms with Crippen molar-refractivity contribution in [1.29, 1.82) is 0 Å². The SMILES string of the molecule is NS(=O)(=O)c1ccc(N=C([Se])NC(=O)c2ccc3c(c2)OCO3)cc1. The van der Waals surface area contributed by atoms with Crippen molar-refractivity contribution >= 4 is 42.4 Å². The number of amidine groups is 1. The maximum atomic E-state index is 12.2. The van der Waals surface area contributed by atoms with Crippen molar-refractivity contribution in [3.05, 3.63) is 48.0 Å². The van der Waals surface area contributed by atoms with Crippen LogP contribution in [0, 0.1) is 0 Å². The van der Waals surface area contributed by atoms with E-state index in [0.29, 0.717) is 22.7 Å². The Morgan fingerprint density at radius 2 is 1.80 bits per heavy atom. The van der Waals surface area contributed by atoms with Gasteiger partial charge in [0.05, 0.1) is 0 Å². The predicted molar refractivity (Wildman–Crippen MR) is 90.7 cm³/mol. The van der Waals surface area contributed by atoms with Crippen LogP contribution in [0.5, 0.6) is 11.5 Å². The summed E-state index contributed by atoms with van der Waals surface area (Å²) < 4.78 is 33.1. The molecule has 129 valence electrons. The van der Waals surface area contributed by atoms with Crippen LogP contribution >= 0.6 is 0 Å². The summed E-state index contributed by atoms with van der Waals surface area (Å²) in [6, 6.07) is 10.5. The summed E-state index contributed by atoms with van der Waals surface area (Å²) in [5.41, 5.74) is 0.837. The molecule has 1 aliphatic rings. The number of carbonyl (C=O) groups is 1. The molecule has 0 atom stereocenters. The van der Waals surface area contributed by atoms with Gasteiger partial charge >= 0.3 is 152 Å². The number of nitrogens with zero attached hydrogens (tertiary/aromatic N) is 1. The third kappa shape index (κ3) is 4.18. The first-order valence-corrected chi connectivity index (χ1v) is 9.33. The van der Waals surface area contributed by atoms with Crippen molar-refractivity contribution in [3.8, 4) is 11.5 Å². The number of hydrogen-bond donors (Lipinski definition) is 2. The Morgan fingerprint density at radius 3 is 2.48 bits per heavy atom. The molecule has 2 aromatic carbocycles. The Bertz CT molecular complexity index is 958. The molecule has 2 aromatic rings. The second-order valence-corrected chi connectivity index (χ2v) is 7.35. The fourth-order valence-corrected chi connectivity index (χ4v) is 2.99. The predicted octanol–water partition coefficient (Wildman–Crippen LogP) is 0.649. The maximum absolute atomic E-state index is 12.2. The molecule has 0 saturated heterocycles. The van der Waals surface area contributed by atoms with Gasteiger partial charge in [0.15, 0.2) is 0 Å². The molecule has 10 heteroatoms. The zero-order chi connectivity index (χ0) is 18.0. The molecule has 0 unspecified atom stereocenters. The minimum absolute atomic E-state index is 0.0162. The van der Waals surface area contributed by atoms with E-state index in [2.05, 4.69) is 26.3 Å². The van der Waals surface area contributed by atoms with E-state index < -0.39 is 10.0 Å². The summed E-state index contributed by atoms with van der Waals surface area (Å²) in [4.78, 5) is 16.4. The van der Waals surface area contributed by atoms with Gasteiger partial charge in [-0.3, -0.25) is 0 Å². The molecule has 0 bridgehead atoms. The number of aliphatic imine (C=N–C) groups is 1. The normalized spacial score (nSPS) is 13.6. The molecule has 0 fully saturated rings. The number of benzene rings is 2. The first-order valence-electron chi connectivity index (χ1n) is 6.92. The fourth-order valence-electron chi connectivity index (χ4n) is 2.06. The molecule has 0 aromatic heterocycles. The third-order valence-corrected chi connectivity index (χ3v) is 4.59. The van der Waals surface area contributed by atoms with E-state index in [-0.39, 0.29) is 22.3 Å². The van der Waals surface area contributed by atoms with E-state index >= 15 is 0 Å². The zero-order valence-electron chi connectivity index (χ0n) is 12.6. The Balaban J connectivity index is 1.71. The van der Waals surface area contributed by atoms with Crippen LogP contribution in [0.15, 0.2) is 52.4 Å². The Hall–Kier alpha value is -2.39. The van der Waals surface area contributed by atoms with Crippen LogP contribution in [0.3, 0.4) is 0 Å². The fraction of sp³-hybridized carbons (Fsp3) is 0.0667. The topological polar surface area (TPSA) is 120 Å². The number of rotatable bonds is 3. The van der Waals surface area contributed by atoms with Gasteiger partial charge in [0.1, 0.15) is 0 Å². The number of carbonyl (C=O) groups excluding carboxylic acids is 1. The van der Waals surface area contributed by atoms with E-state index in [9.17, 15) is 13.2 Å². The van der Waals surface area contributed by atoms with Crippen molar-refractivity contribution in [3.63, 3.8) is 0 Å². The van der Waals surface area contributed by atoms with Gasteiger partial charge in [-0.25, -0.2) is 0 Å². The molecule has 0 aliphatic carbocycles. The van der Waals surface area contributed by atoms with Crippen molar-refractivity contribution in [1.82, 2.24) is 5.32 Å². The summed E-state index contributed by atoms with van der Waals surface area (Å²) in [6.45, 7) is 0.128. The second kappa shape index (κ2) is 6.85. The van der Waals surface area contributed by atoms with Crippen LogP contribution in [0.2, 0.25) is 0 Å². The molecule has 1 amide bonds. The molecule has 25 heavy (non-hydrogen) atoms. The first-order chi connectivity index (χ1) is 11.8. The van der Waals surface area contributed by atoms with Crippen LogP contribution in [0.4, 0.5) is 5.69 Å². The molecule has 3 N–H and O–H groups in total. The number of primary sulfonamides is 1. The summed E-state index contributed by atoms with van der Waals surface area (Å²) in [6.07, 6.45) is 0. The van der Waals surface area contributed by atoms with Gasteiger partial charge in [-0.15, -0.1) is 0 Å². The number of fused-ring (bicyclic) bond motifs is 1. The van der Waals surface area contributed by atoms with Gasteiger partial charge in [-0.1, -0.05) is 0 Å². The van der Waals surface area contributed by atoms with Gasteiger partial charge in [0.2, 0.25) is 0 Å². The van der Waals surface area contributed by atoms with Gasteiger partial charge in [0.25, 0.3) is 0 Å². The Labute approximate surface area is 151 Å². The molecule has 3 rings (SSSR count). The summed E-state index contributed by atoms with van der Waals surface area (Å²) in [5, 5.41) is 7.63. The van der Waals surface area contributed by atoms with Crippen molar-refractivity contribution < 1.29 is 22.7 Å². The van der Waals surface area contributed by atoms with Crippen LogP contribution in [-0.2, 0) is 10.0 Å². The molecule has 0 saturated carbocycles. The molecule has 8 nitrogen and oxygen atoms in total. The number of amides is 1. The number of nitrogens with one attached hydrogen (secondary N) is 1. The average Bonchev–Trinajstić information content (AvgIpc) is 3.01. The number of ether oxygens (including phenoxy) is 2. The standard InChI is InChI=1S/C15H12N3O5SSe/c16-24(20,21)11-4-2-10(3-5-11)17-15(25)18-14(19)9-1-6-12-13(7-9)23-8-22-12/h1-7H,8H2,(H2,16,20,21)(H,17,18,19). The van der Waals surface area contributed by atoms with Crippen LogP contribution in [-0.4, -0.2) is 41.9 Å². The van der Waals surface area contributed by atoms with Crippen molar-refractivity contribution in [2.24, 2.45) is 10.1 Å². The van der Waals surface area contributed by atoms with Gasteiger partial charge in [0, 0.05) is 0 Å². The van der Waals surface area contributed by atoms with Crippen LogP contribution < -0.4 is 19.9 Å². The van der Waals surface area contributed by atoms with Crippen LogP contribution in [0.25, 0.3) is 0 Å². The van der Waals surface area contributed by atoms with Gasteiger partial charge in [-0.05, 0) is 0 Å². The molecule has 0 spiro atoms. The van der Waals surface area contributed by atoms with Crippen LogP contribution in [0.1, 0.15) is 10.4 Å². The van der Waals surface area contributed by atoms with E-state index in [1.165, 1.54) is 24.3 Å². The number of hydrogen-bond acceptors (Lipinski definition) is 6. The number of nitrogens with two attached hydrogens (primary N) is 1. The van der Waals surface area contributed by atoms with E-state index in [4.69, 9.17) is 14.6 Å². The monoisotopic (exact) mass is 426 g/mol. The van der Waals surface area contributed by atoms with E-state index in [0.717, 1.165) is 0 Å². The minimum atomic E-state index is -3.76. The van der Waals surface area contributed by atoms with Gasteiger partial charge in [-0.2, -0.15) is 0 Å². The molecule has 1 heterocycles. The second-order valence-electron chi connectivity index (χ2n) is 4.98. The van der Waals surface area contributed by atoms with E-state index in [1.54, 1.807) is 18.2 Å². The molecular weight excluding hydrogens is 413 g/mol. The van der Waals surface area contributed by atoms with E-state index in [1.807, 2.05) is 0 Å². The summed E-state index contributed by atoms with van der Waals surface area (Å²) >= 11 is 2.64.